The van der Waals surface area contributed by atoms with Gasteiger partial charge < -0.3 is 4.74 Å². The zero-order valence-electron chi connectivity index (χ0n) is 10.7. The summed E-state index contributed by atoms with van der Waals surface area (Å²) in [5, 5.41) is 0. The number of hydrogen-bond donors (Lipinski definition) is 0. The van der Waals surface area contributed by atoms with E-state index in [9.17, 15) is 4.79 Å². The quantitative estimate of drug-likeness (QED) is 0.747. The number of nitrogens with zero attached hydrogens (tertiary/aromatic N) is 1. The van der Waals surface area contributed by atoms with Crippen molar-refractivity contribution >= 4 is 5.97 Å². The summed E-state index contributed by atoms with van der Waals surface area (Å²) in [6.07, 6.45) is 1.22. The highest BCUT2D eigenvalue weighted by atomic mass is 16.5. The molecule has 0 aromatic heterocycles. The molecule has 3 nitrogen and oxygen atoms in total. The molecule has 1 aromatic carbocycles. The highest BCUT2D eigenvalue weighted by Crippen LogP contribution is 2.40. The molecule has 2 bridgehead atoms. The van der Waals surface area contributed by atoms with Gasteiger partial charge in [0.15, 0.2) is 0 Å². The van der Waals surface area contributed by atoms with Crippen molar-refractivity contribution in [3.8, 4) is 0 Å². The SMILES string of the molecule is CC(=O)O[C@H]1CN2CCC1[C@@H](c1ccccc1)C2. The minimum Gasteiger partial charge on any atom is -0.461 e. The lowest BCUT2D eigenvalue weighted by molar-refractivity contribution is -0.157. The summed E-state index contributed by atoms with van der Waals surface area (Å²) in [4.78, 5) is 13.6. The molecule has 3 heteroatoms. The molecule has 0 radical (unpaired) electrons. The molecule has 2 unspecified atom stereocenters. The topological polar surface area (TPSA) is 29.5 Å². The Labute approximate surface area is 108 Å². The predicted octanol–water partition coefficient (Wildman–Crippen LogP) is 2.04. The highest BCUT2D eigenvalue weighted by molar-refractivity contribution is 5.66. The first-order chi connectivity index (χ1) is 8.74. The van der Waals surface area contributed by atoms with Crippen molar-refractivity contribution in [2.45, 2.75) is 25.4 Å². The molecule has 3 aliphatic heterocycles. The van der Waals surface area contributed by atoms with Crippen LogP contribution in [-0.2, 0) is 9.53 Å². The van der Waals surface area contributed by atoms with Gasteiger partial charge in [0.2, 0.25) is 0 Å². The van der Waals surface area contributed by atoms with E-state index in [2.05, 4.69) is 35.2 Å². The summed E-state index contributed by atoms with van der Waals surface area (Å²) in [5.41, 5.74) is 1.38. The maximum Gasteiger partial charge on any atom is 0.302 e. The first-order valence-corrected chi connectivity index (χ1v) is 6.68. The third kappa shape index (κ3) is 2.15. The van der Waals surface area contributed by atoms with Gasteiger partial charge in [-0.25, -0.2) is 0 Å². The fourth-order valence-electron chi connectivity index (χ4n) is 3.43. The Morgan fingerprint density at radius 3 is 2.72 bits per heavy atom. The molecule has 3 aliphatic rings. The number of rotatable bonds is 2. The fourth-order valence-corrected chi connectivity index (χ4v) is 3.43. The lowest BCUT2D eigenvalue weighted by Gasteiger charge is -2.49. The normalized spacial score (nSPS) is 34.3. The molecule has 4 rings (SSSR count). The first kappa shape index (κ1) is 11.7. The molecule has 3 heterocycles. The van der Waals surface area contributed by atoms with E-state index in [1.807, 2.05) is 0 Å². The number of carbonyl (C=O) groups excluding carboxylic acids is 1. The van der Waals surface area contributed by atoms with Crippen molar-refractivity contribution in [2.24, 2.45) is 5.92 Å². The van der Waals surface area contributed by atoms with Crippen LogP contribution in [0.4, 0.5) is 0 Å². The number of carbonyl (C=O) groups is 1. The van der Waals surface area contributed by atoms with E-state index in [1.54, 1.807) is 0 Å². The second-order valence-corrected chi connectivity index (χ2v) is 5.38. The Morgan fingerprint density at radius 1 is 1.28 bits per heavy atom. The molecule has 0 N–H and O–H groups in total. The largest absolute Gasteiger partial charge is 0.461 e. The van der Waals surface area contributed by atoms with Gasteiger partial charge in [0, 0.05) is 31.8 Å². The molecule has 0 amide bonds. The Kier molecular flexibility index (Phi) is 3.08. The van der Waals surface area contributed by atoms with Gasteiger partial charge in [0.25, 0.3) is 0 Å². The van der Waals surface area contributed by atoms with E-state index in [4.69, 9.17) is 4.74 Å². The lowest BCUT2D eigenvalue weighted by atomic mass is 9.74. The molecule has 3 saturated heterocycles. The number of piperidine rings is 3. The molecular weight excluding hydrogens is 226 g/mol. The van der Waals surface area contributed by atoms with Crippen LogP contribution in [0.2, 0.25) is 0 Å². The third-order valence-corrected chi connectivity index (χ3v) is 4.21. The Hall–Kier alpha value is -1.35. The van der Waals surface area contributed by atoms with Crippen LogP contribution in [0.5, 0.6) is 0 Å². The molecule has 18 heavy (non-hydrogen) atoms. The van der Waals surface area contributed by atoms with Gasteiger partial charge in [0.1, 0.15) is 6.10 Å². The second kappa shape index (κ2) is 4.73. The monoisotopic (exact) mass is 245 g/mol. The molecule has 1 aromatic rings. The van der Waals surface area contributed by atoms with E-state index in [0.29, 0.717) is 11.8 Å². The number of esters is 1. The minimum atomic E-state index is -0.152. The van der Waals surface area contributed by atoms with Gasteiger partial charge in [0.05, 0.1) is 0 Å². The van der Waals surface area contributed by atoms with Crippen LogP contribution in [0.1, 0.15) is 24.8 Å². The number of hydrogen-bond acceptors (Lipinski definition) is 3. The Morgan fingerprint density at radius 2 is 2.06 bits per heavy atom. The van der Waals surface area contributed by atoms with Crippen molar-refractivity contribution in [1.82, 2.24) is 4.90 Å². The van der Waals surface area contributed by atoms with Crippen molar-refractivity contribution in [2.75, 3.05) is 19.6 Å². The van der Waals surface area contributed by atoms with Gasteiger partial charge in [-0.15, -0.1) is 0 Å². The maximum absolute atomic E-state index is 11.2. The van der Waals surface area contributed by atoms with E-state index in [-0.39, 0.29) is 12.1 Å². The Bertz CT molecular complexity index is 431. The average Bonchev–Trinajstić information content (AvgIpc) is 2.39. The minimum absolute atomic E-state index is 0.0789. The second-order valence-electron chi connectivity index (χ2n) is 5.38. The third-order valence-electron chi connectivity index (χ3n) is 4.21. The van der Waals surface area contributed by atoms with Crippen LogP contribution in [0.15, 0.2) is 30.3 Å². The zero-order valence-corrected chi connectivity index (χ0v) is 10.7. The van der Waals surface area contributed by atoms with Crippen LogP contribution in [0.3, 0.4) is 0 Å². The maximum atomic E-state index is 11.2. The van der Waals surface area contributed by atoms with Crippen LogP contribution in [-0.4, -0.2) is 36.6 Å². The highest BCUT2D eigenvalue weighted by Gasteiger charge is 2.43. The van der Waals surface area contributed by atoms with Crippen LogP contribution < -0.4 is 0 Å². The van der Waals surface area contributed by atoms with Crippen LogP contribution in [0.25, 0.3) is 0 Å². The van der Waals surface area contributed by atoms with Gasteiger partial charge in [-0.05, 0) is 18.5 Å². The number of benzene rings is 1. The summed E-state index contributed by atoms with van der Waals surface area (Å²) in [6.45, 7) is 4.67. The van der Waals surface area contributed by atoms with Crippen molar-refractivity contribution in [3.63, 3.8) is 0 Å². The molecule has 0 aliphatic carbocycles. The lowest BCUT2D eigenvalue weighted by Crippen LogP contribution is -2.55. The van der Waals surface area contributed by atoms with E-state index in [1.165, 1.54) is 12.5 Å². The summed E-state index contributed by atoms with van der Waals surface area (Å²) in [7, 11) is 0. The van der Waals surface area contributed by atoms with Crippen LogP contribution >= 0.6 is 0 Å². The van der Waals surface area contributed by atoms with Gasteiger partial charge >= 0.3 is 5.97 Å². The van der Waals surface area contributed by atoms with Crippen molar-refractivity contribution < 1.29 is 9.53 Å². The number of fused-ring (bicyclic) bond motifs is 3. The summed E-state index contributed by atoms with van der Waals surface area (Å²) in [5.74, 6) is 0.847. The van der Waals surface area contributed by atoms with Gasteiger partial charge in [-0.3, -0.25) is 9.69 Å². The summed E-state index contributed by atoms with van der Waals surface area (Å²) in [6, 6.07) is 10.6. The van der Waals surface area contributed by atoms with E-state index >= 15 is 0 Å². The zero-order chi connectivity index (χ0) is 12.5. The molecule has 3 fully saturated rings. The molecular formula is C15H19NO2. The van der Waals surface area contributed by atoms with E-state index in [0.717, 1.165) is 26.1 Å². The molecule has 0 spiro atoms. The van der Waals surface area contributed by atoms with Crippen LogP contribution in [0, 0.1) is 5.92 Å². The smallest absolute Gasteiger partial charge is 0.302 e. The average molecular weight is 245 g/mol. The number of ether oxygens (including phenoxy) is 1. The molecule has 96 valence electrons. The van der Waals surface area contributed by atoms with Crippen molar-refractivity contribution in [1.29, 1.82) is 0 Å². The van der Waals surface area contributed by atoms with Gasteiger partial charge in [-0.2, -0.15) is 0 Å². The summed E-state index contributed by atoms with van der Waals surface area (Å²) >= 11 is 0. The predicted molar refractivity (Wildman–Crippen MR) is 69.3 cm³/mol. The fraction of sp³-hybridized carbons (Fsp3) is 0.533. The van der Waals surface area contributed by atoms with E-state index < -0.39 is 0 Å². The van der Waals surface area contributed by atoms with Gasteiger partial charge in [-0.1, -0.05) is 30.3 Å². The standard InChI is InChI=1S/C15H19NO2/c1-11(17)18-15-10-16-8-7-13(15)14(9-16)12-5-3-2-4-6-12/h2-6,13-15H,7-10H2,1H3/t13?,14-,15+/m1/s1. The Balaban J connectivity index is 1.82. The molecule has 0 saturated carbocycles. The molecule has 4 atom stereocenters. The van der Waals surface area contributed by atoms with Crippen molar-refractivity contribution in [3.05, 3.63) is 35.9 Å². The first-order valence-electron chi connectivity index (χ1n) is 6.68. The summed E-state index contributed by atoms with van der Waals surface area (Å²) < 4.78 is 5.50.